The third kappa shape index (κ3) is 2.59. The fourth-order valence-electron chi connectivity index (χ4n) is 1.56. The summed E-state index contributed by atoms with van der Waals surface area (Å²) in [4.78, 5) is 3.79. The zero-order valence-corrected chi connectivity index (χ0v) is 10.8. The standard InChI is InChI=1S/C11H5ClF3N5O/c12-9-6(2-1-5-16-9)21-8-4-3-7-17-18-10(11(13,14)15)20(7)19-8/h1-5H. The van der Waals surface area contributed by atoms with E-state index >= 15 is 0 Å². The maximum atomic E-state index is 12.7. The molecule has 0 amide bonds. The fourth-order valence-corrected chi connectivity index (χ4v) is 1.72. The lowest BCUT2D eigenvalue weighted by Gasteiger charge is -2.07. The summed E-state index contributed by atoms with van der Waals surface area (Å²) < 4.78 is 44.1. The van der Waals surface area contributed by atoms with Crippen molar-refractivity contribution in [3.8, 4) is 11.6 Å². The highest BCUT2D eigenvalue weighted by atomic mass is 35.5. The molecule has 0 bridgehead atoms. The number of fused-ring (bicyclic) bond motifs is 1. The molecule has 10 heteroatoms. The predicted molar refractivity (Wildman–Crippen MR) is 65.1 cm³/mol. The van der Waals surface area contributed by atoms with E-state index in [1.165, 1.54) is 24.4 Å². The van der Waals surface area contributed by atoms with E-state index in [4.69, 9.17) is 16.3 Å². The van der Waals surface area contributed by atoms with Gasteiger partial charge in [0, 0.05) is 12.3 Å². The minimum absolute atomic E-state index is 0.0491. The molecule has 0 aliphatic carbocycles. The van der Waals surface area contributed by atoms with Crippen molar-refractivity contribution < 1.29 is 17.9 Å². The van der Waals surface area contributed by atoms with E-state index in [-0.39, 0.29) is 22.4 Å². The van der Waals surface area contributed by atoms with Gasteiger partial charge in [0.15, 0.2) is 16.5 Å². The zero-order chi connectivity index (χ0) is 15.0. The molecule has 6 nitrogen and oxygen atoms in total. The minimum atomic E-state index is -4.67. The Morgan fingerprint density at radius 3 is 2.67 bits per heavy atom. The highest BCUT2D eigenvalue weighted by Crippen LogP contribution is 2.29. The van der Waals surface area contributed by atoms with Gasteiger partial charge in [0.2, 0.25) is 5.88 Å². The summed E-state index contributed by atoms with van der Waals surface area (Å²) in [7, 11) is 0. The van der Waals surface area contributed by atoms with E-state index < -0.39 is 12.0 Å². The molecular formula is C11H5ClF3N5O. The Balaban J connectivity index is 2.03. The predicted octanol–water partition coefficient (Wildman–Crippen LogP) is 2.98. The van der Waals surface area contributed by atoms with Gasteiger partial charge in [-0.2, -0.15) is 17.7 Å². The average molecular weight is 316 g/mol. The summed E-state index contributed by atoms with van der Waals surface area (Å²) in [6.07, 6.45) is -3.22. The number of halogens is 4. The largest absolute Gasteiger partial charge is 0.453 e. The van der Waals surface area contributed by atoms with Crippen molar-refractivity contribution in [2.75, 3.05) is 0 Å². The van der Waals surface area contributed by atoms with Crippen molar-refractivity contribution in [2.45, 2.75) is 6.18 Å². The van der Waals surface area contributed by atoms with Crippen LogP contribution in [0, 0.1) is 0 Å². The van der Waals surface area contributed by atoms with Gasteiger partial charge in [-0.1, -0.05) is 11.6 Å². The molecule has 3 heterocycles. The summed E-state index contributed by atoms with van der Waals surface area (Å²) in [6.45, 7) is 0. The molecule has 0 aromatic carbocycles. The molecule has 0 aliphatic heterocycles. The molecule has 0 atom stereocenters. The summed E-state index contributed by atoms with van der Waals surface area (Å²) >= 11 is 5.80. The molecule has 0 saturated heterocycles. The first-order chi connectivity index (χ1) is 9.95. The molecule has 0 saturated carbocycles. The summed E-state index contributed by atoms with van der Waals surface area (Å²) in [5, 5.41) is 10.2. The Hall–Kier alpha value is -2.42. The van der Waals surface area contributed by atoms with Crippen molar-refractivity contribution in [2.24, 2.45) is 0 Å². The highest BCUT2D eigenvalue weighted by molar-refractivity contribution is 6.30. The number of ether oxygens (including phenoxy) is 1. The zero-order valence-electron chi connectivity index (χ0n) is 10.0. The monoisotopic (exact) mass is 315 g/mol. The van der Waals surface area contributed by atoms with Crippen molar-refractivity contribution in [3.63, 3.8) is 0 Å². The first-order valence-corrected chi connectivity index (χ1v) is 5.91. The topological polar surface area (TPSA) is 65.2 Å². The second kappa shape index (κ2) is 4.85. The lowest BCUT2D eigenvalue weighted by atomic mass is 10.4. The molecule has 3 aromatic heterocycles. The van der Waals surface area contributed by atoms with Crippen LogP contribution in [0.15, 0.2) is 30.5 Å². The molecule has 108 valence electrons. The second-order valence-electron chi connectivity index (χ2n) is 3.86. The van der Waals surface area contributed by atoms with Gasteiger partial charge in [-0.05, 0) is 18.2 Å². The van der Waals surface area contributed by atoms with E-state index in [1.807, 2.05) is 0 Å². The smallest absolute Gasteiger partial charge is 0.434 e. The molecule has 0 unspecified atom stereocenters. The number of alkyl halides is 3. The van der Waals surface area contributed by atoms with E-state index in [2.05, 4.69) is 20.3 Å². The van der Waals surface area contributed by atoms with Crippen LogP contribution < -0.4 is 4.74 Å². The molecule has 0 spiro atoms. The van der Waals surface area contributed by atoms with Crippen LogP contribution in [-0.4, -0.2) is 24.8 Å². The van der Waals surface area contributed by atoms with E-state index in [0.717, 1.165) is 0 Å². The van der Waals surface area contributed by atoms with E-state index in [0.29, 0.717) is 4.52 Å². The molecular weight excluding hydrogens is 311 g/mol. The van der Waals surface area contributed by atoms with Crippen LogP contribution in [0.25, 0.3) is 5.65 Å². The Labute approximate surface area is 120 Å². The first kappa shape index (κ1) is 13.6. The van der Waals surface area contributed by atoms with Gasteiger partial charge in [-0.25, -0.2) is 4.98 Å². The highest BCUT2D eigenvalue weighted by Gasteiger charge is 2.37. The van der Waals surface area contributed by atoms with Crippen molar-refractivity contribution in [1.82, 2.24) is 24.8 Å². The van der Waals surface area contributed by atoms with Crippen molar-refractivity contribution >= 4 is 17.2 Å². The number of hydrogen-bond acceptors (Lipinski definition) is 5. The van der Waals surface area contributed by atoms with Gasteiger partial charge in [0.05, 0.1) is 0 Å². The average Bonchev–Trinajstić information content (AvgIpc) is 2.84. The number of aromatic nitrogens is 5. The normalized spacial score (nSPS) is 11.8. The van der Waals surface area contributed by atoms with Gasteiger partial charge in [-0.15, -0.1) is 15.3 Å². The van der Waals surface area contributed by atoms with Crippen LogP contribution in [0.1, 0.15) is 5.82 Å². The van der Waals surface area contributed by atoms with Gasteiger partial charge < -0.3 is 4.74 Å². The molecule has 3 rings (SSSR count). The van der Waals surface area contributed by atoms with Crippen molar-refractivity contribution in [3.05, 3.63) is 41.4 Å². The Morgan fingerprint density at radius 1 is 1.14 bits per heavy atom. The number of nitrogens with zero attached hydrogens (tertiary/aromatic N) is 5. The summed E-state index contributed by atoms with van der Waals surface area (Å²) in [5.41, 5.74) is -0.0491. The molecule has 21 heavy (non-hydrogen) atoms. The quantitative estimate of drug-likeness (QED) is 0.680. The molecule has 0 aliphatic rings. The van der Waals surface area contributed by atoms with E-state index in [9.17, 15) is 13.2 Å². The van der Waals surface area contributed by atoms with Gasteiger partial charge in [-0.3, -0.25) is 0 Å². The molecule has 0 radical (unpaired) electrons. The molecule has 0 fully saturated rings. The van der Waals surface area contributed by atoms with Crippen molar-refractivity contribution in [1.29, 1.82) is 0 Å². The lowest BCUT2D eigenvalue weighted by Crippen LogP contribution is -2.12. The number of hydrogen-bond donors (Lipinski definition) is 0. The number of rotatable bonds is 2. The Morgan fingerprint density at radius 2 is 1.95 bits per heavy atom. The maximum Gasteiger partial charge on any atom is 0.453 e. The first-order valence-electron chi connectivity index (χ1n) is 5.53. The van der Waals surface area contributed by atoms with Crippen LogP contribution in [0.4, 0.5) is 13.2 Å². The maximum absolute atomic E-state index is 12.7. The van der Waals surface area contributed by atoms with Gasteiger partial charge in [0.25, 0.3) is 5.82 Å². The van der Waals surface area contributed by atoms with Gasteiger partial charge >= 0.3 is 6.18 Å². The van der Waals surface area contributed by atoms with Crippen LogP contribution in [-0.2, 0) is 6.18 Å². The number of pyridine rings is 1. The summed E-state index contributed by atoms with van der Waals surface area (Å²) in [5.74, 6) is -1.16. The summed E-state index contributed by atoms with van der Waals surface area (Å²) in [6, 6.07) is 5.74. The van der Waals surface area contributed by atoms with Crippen LogP contribution in [0.3, 0.4) is 0 Å². The lowest BCUT2D eigenvalue weighted by molar-refractivity contribution is -0.146. The SMILES string of the molecule is FC(F)(F)c1nnc2ccc(Oc3cccnc3Cl)nn12. The minimum Gasteiger partial charge on any atom is -0.434 e. The second-order valence-corrected chi connectivity index (χ2v) is 4.22. The Bertz CT molecular complexity index is 804. The third-order valence-corrected chi connectivity index (χ3v) is 2.72. The fraction of sp³-hybridized carbons (Fsp3) is 0.0909. The van der Waals surface area contributed by atoms with Crippen LogP contribution >= 0.6 is 11.6 Å². The van der Waals surface area contributed by atoms with Crippen LogP contribution in [0.2, 0.25) is 5.15 Å². The van der Waals surface area contributed by atoms with Crippen LogP contribution in [0.5, 0.6) is 11.6 Å². The third-order valence-electron chi connectivity index (χ3n) is 2.43. The Kier molecular flexibility index (Phi) is 3.13. The van der Waals surface area contributed by atoms with Gasteiger partial charge in [0.1, 0.15) is 0 Å². The molecule has 3 aromatic rings. The molecule has 0 N–H and O–H groups in total. The van der Waals surface area contributed by atoms with E-state index in [1.54, 1.807) is 6.07 Å².